The van der Waals surface area contributed by atoms with Crippen LogP contribution in [0.25, 0.3) is 0 Å². The highest BCUT2D eigenvalue weighted by molar-refractivity contribution is 5.28. The molecule has 1 nitrogen and oxygen atoms in total. The molecule has 100 valence electrons. The molecule has 0 amide bonds. The van der Waals surface area contributed by atoms with Gasteiger partial charge in [-0.15, -0.1) is 0 Å². The van der Waals surface area contributed by atoms with Crippen molar-refractivity contribution in [2.45, 2.75) is 25.9 Å². The summed E-state index contributed by atoms with van der Waals surface area (Å²) >= 11 is 0. The second-order valence-corrected chi connectivity index (χ2v) is 4.39. The molecule has 0 saturated carbocycles. The lowest BCUT2D eigenvalue weighted by Crippen LogP contribution is -2.06. The van der Waals surface area contributed by atoms with E-state index < -0.39 is 11.7 Å². The summed E-state index contributed by atoms with van der Waals surface area (Å²) in [6.45, 7) is 2.06. The Morgan fingerprint density at radius 1 is 1.05 bits per heavy atom. The molecular weight excluding hydrogens is 251 g/mol. The van der Waals surface area contributed by atoms with Gasteiger partial charge in [0.25, 0.3) is 0 Å². The third-order valence-electron chi connectivity index (χ3n) is 2.94. The van der Waals surface area contributed by atoms with Crippen molar-refractivity contribution in [1.82, 2.24) is 4.98 Å². The molecule has 2 rings (SSSR count). The summed E-state index contributed by atoms with van der Waals surface area (Å²) in [6, 6.07) is 10.5. The molecule has 0 aliphatic heterocycles. The lowest BCUT2D eigenvalue weighted by molar-refractivity contribution is -0.137. The average Bonchev–Trinajstić information content (AvgIpc) is 2.38. The van der Waals surface area contributed by atoms with Crippen molar-refractivity contribution in [3.63, 3.8) is 0 Å². The van der Waals surface area contributed by atoms with Gasteiger partial charge in [-0.1, -0.05) is 31.2 Å². The van der Waals surface area contributed by atoms with Crippen molar-refractivity contribution in [2.24, 2.45) is 0 Å². The van der Waals surface area contributed by atoms with E-state index in [1.165, 1.54) is 11.6 Å². The zero-order valence-electron chi connectivity index (χ0n) is 10.5. The zero-order chi connectivity index (χ0) is 13.9. The third-order valence-corrected chi connectivity index (χ3v) is 2.94. The first-order chi connectivity index (χ1) is 8.99. The number of halogens is 3. The Bertz CT molecular complexity index is 544. The molecule has 2 aromatic rings. The van der Waals surface area contributed by atoms with Crippen LogP contribution in [0, 0.1) is 0 Å². The van der Waals surface area contributed by atoms with E-state index >= 15 is 0 Å². The Hall–Kier alpha value is -1.84. The molecule has 0 aliphatic rings. The Morgan fingerprint density at radius 2 is 1.79 bits per heavy atom. The Labute approximate surface area is 110 Å². The predicted octanol–water partition coefficient (Wildman–Crippen LogP) is 4.25. The van der Waals surface area contributed by atoms with Crippen molar-refractivity contribution in [2.75, 3.05) is 0 Å². The molecule has 1 heterocycles. The number of rotatable bonds is 3. The van der Waals surface area contributed by atoms with E-state index in [0.29, 0.717) is 12.1 Å². The largest absolute Gasteiger partial charge is 0.417 e. The fourth-order valence-corrected chi connectivity index (χ4v) is 1.87. The van der Waals surface area contributed by atoms with Crippen LogP contribution in [0.3, 0.4) is 0 Å². The smallest absolute Gasteiger partial charge is 0.260 e. The van der Waals surface area contributed by atoms with Crippen molar-refractivity contribution < 1.29 is 13.2 Å². The van der Waals surface area contributed by atoms with E-state index in [-0.39, 0.29) is 0 Å². The molecule has 0 N–H and O–H groups in total. The summed E-state index contributed by atoms with van der Waals surface area (Å²) in [7, 11) is 0. The quantitative estimate of drug-likeness (QED) is 0.808. The standard InChI is InChI=1S/C15H14F3N/c1-2-11-4-3-5-12(8-11)9-14-7-6-13(10-19-14)15(16,17)18/h3-8,10H,2,9H2,1H3. The van der Waals surface area contributed by atoms with E-state index in [0.717, 1.165) is 24.2 Å². The topological polar surface area (TPSA) is 12.9 Å². The molecule has 4 heteroatoms. The van der Waals surface area contributed by atoms with Gasteiger partial charge in [-0.3, -0.25) is 4.98 Å². The number of aryl methyl sites for hydroxylation is 1. The van der Waals surface area contributed by atoms with Gasteiger partial charge < -0.3 is 0 Å². The Kier molecular flexibility index (Phi) is 3.88. The van der Waals surface area contributed by atoms with Gasteiger partial charge in [0.1, 0.15) is 0 Å². The molecular formula is C15H14F3N. The minimum atomic E-state index is -4.33. The highest BCUT2D eigenvalue weighted by Crippen LogP contribution is 2.28. The van der Waals surface area contributed by atoms with E-state index in [9.17, 15) is 13.2 Å². The monoisotopic (exact) mass is 265 g/mol. The van der Waals surface area contributed by atoms with Crippen LogP contribution in [0.1, 0.15) is 29.3 Å². The van der Waals surface area contributed by atoms with Crippen molar-refractivity contribution >= 4 is 0 Å². The van der Waals surface area contributed by atoms with Crippen molar-refractivity contribution in [3.05, 3.63) is 65.0 Å². The van der Waals surface area contributed by atoms with Gasteiger partial charge in [0, 0.05) is 18.3 Å². The van der Waals surface area contributed by atoms with Crippen LogP contribution >= 0.6 is 0 Å². The number of pyridine rings is 1. The highest BCUT2D eigenvalue weighted by atomic mass is 19.4. The van der Waals surface area contributed by atoms with Crippen LogP contribution in [0.5, 0.6) is 0 Å². The fourth-order valence-electron chi connectivity index (χ4n) is 1.87. The van der Waals surface area contributed by atoms with Gasteiger partial charge in [0.05, 0.1) is 5.56 Å². The molecule has 0 atom stereocenters. The maximum absolute atomic E-state index is 12.4. The SMILES string of the molecule is CCc1cccc(Cc2ccc(C(F)(F)F)cn2)c1. The normalized spacial score (nSPS) is 11.6. The Morgan fingerprint density at radius 3 is 2.37 bits per heavy atom. The summed E-state index contributed by atoms with van der Waals surface area (Å²) in [5, 5.41) is 0. The molecule has 1 aromatic heterocycles. The number of hydrogen-bond acceptors (Lipinski definition) is 1. The zero-order valence-corrected chi connectivity index (χ0v) is 10.5. The second-order valence-electron chi connectivity index (χ2n) is 4.39. The lowest BCUT2D eigenvalue weighted by atomic mass is 10.0. The van der Waals surface area contributed by atoms with Gasteiger partial charge >= 0.3 is 6.18 Å². The Balaban J connectivity index is 2.15. The first-order valence-electron chi connectivity index (χ1n) is 6.09. The van der Waals surface area contributed by atoms with Crippen LogP contribution in [0.4, 0.5) is 13.2 Å². The second kappa shape index (κ2) is 5.43. The van der Waals surface area contributed by atoms with Crippen LogP contribution < -0.4 is 0 Å². The molecule has 0 aliphatic carbocycles. The summed E-state index contributed by atoms with van der Waals surface area (Å²) in [6.07, 6.45) is -1.95. The van der Waals surface area contributed by atoms with Crippen LogP contribution in [0.2, 0.25) is 0 Å². The number of benzene rings is 1. The van der Waals surface area contributed by atoms with Crippen molar-refractivity contribution in [1.29, 1.82) is 0 Å². The predicted molar refractivity (Wildman–Crippen MR) is 67.9 cm³/mol. The fraction of sp³-hybridized carbons (Fsp3) is 0.267. The third kappa shape index (κ3) is 3.56. The summed E-state index contributed by atoms with van der Waals surface area (Å²) in [5.74, 6) is 0. The number of alkyl halides is 3. The first-order valence-corrected chi connectivity index (χ1v) is 6.09. The molecule has 0 spiro atoms. The molecule has 1 aromatic carbocycles. The van der Waals surface area contributed by atoms with Gasteiger partial charge in [-0.05, 0) is 29.7 Å². The van der Waals surface area contributed by atoms with E-state index in [1.807, 2.05) is 18.2 Å². The first kappa shape index (κ1) is 13.6. The van der Waals surface area contributed by atoms with Gasteiger partial charge in [0.15, 0.2) is 0 Å². The summed E-state index contributed by atoms with van der Waals surface area (Å²) in [5.41, 5.74) is 2.20. The van der Waals surface area contributed by atoms with Crippen LogP contribution in [0.15, 0.2) is 42.6 Å². The van der Waals surface area contributed by atoms with E-state index in [4.69, 9.17) is 0 Å². The molecule has 0 bridgehead atoms. The van der Waals surface area contributed by atoms with E-state index in [2.05, 4.69) is 18.0 Å². The van der Waals surface area contributed by atoms with Gasteiger partial charge in [-0.2, -0.15) is 13.2 Å². The molecule has 0 unspecified atom stereocenters. The average molecular weight is 265 g/mol. The van der Waals surface area contributed by atoms with Crippen molar-refractivity contribution in [3.8, 4) is 0 Å². The van der Waals surface area contributed by atoms with Crippen LogP contribution in [-0.4, -0.2) is 4.98 Å². The van der Waals surface area contributed by atoms with Gasteiger partial charge in [-0.25, -0.2) is 0 Å². The number of hydrogen-bond donors (Lipinski definition) is 0. The summed E-state index contributed by atoms with van der Waals surface area (Å²) < 4.78 is 37.2. The molecule has 19 heavy (non-hydrogen) atoms. The lowest BCUT2D eigenvalue weighted by Gasteiger charge is -2.07. The van der Waals surface area contributed by atoms with E-state index in [1.54, 1.807) is 0 Å². The summed E-state index contributed by atoms with van der Waals surface area (Å²) in [4.78, 5) is 3.88. The van der Waals surface area contributed by atoms with Gasteiger partial charge in [0.2, 0.25) is 0 Å². The molecule has 0 saturated heterocycles. The molecule has 0 radical (unpaired) electrons. The molecule has 0 fully saturated rings. The number of aromatic nitrogens is 1. The minimum absolute atomic E-state index is 0.548. The maximum atomic E-state index is 12.4. The number of nitrogens with zero attached hydrogens (tertiary/aromatic N) is 1. The minimum Gasteiger partial charge on any atom is -0.260 e. The maximum Gasteiger partial charge on any atom is 0.417 e. The highest BCUT2D eigenvalue weighted by Gasteiger charge is 2.30. The van der Waals surface area contributed by atoms with Crippen LogP contribution in [-0.2, 0) is 19.0 Å².